The van der Waals surface area contributed by atoms with Gasteiger partial charge in [-0.05, 0) is 68.5 Å². The predicted molar refractivity (Wildman–Crippen MR) is 108 cm³/mol. The Bertz CT molecular complexity index is 869. The third-order valence-corrected chi connectivity index (χ3v) is 4.61. The molecule has 3 rings (SSSR count). The summed E-state index contributed by atoms with van der Waals surface area (Å²) in [4.78, 5) is 35.8. The Hall–Kier alpha value is -3.35. The zero-order valence-corrected chi connectivity index (χ0v) is 16.1. The molecule has 7 nitrogen and oxygen atoms in total. The zero-order valence-electron chi connectivity index (χ0n) is 16.1. The highest BCUT2D eigenvalue weighted by atomic mass is 16.5. The number of benzene rings is 1. The summed E-state index contributed by atoms with van der Waals surface area (Å²) in [6.45, 7) is 0.223. The van der Waals surface area contributed by atoms with Crippen LogP contribution in [0.25, 0.3) is 0 Å². The molecule has 0 saturated carbocycles. The van der Waals surface area contributed by atoms with Gasteiger partial charge in [-0.1, -0.05) is 11.6 Å². The van der Waals surface area contributed by atoms with E-state index in [0.717, 1.165) is 19.3 Å². The summed E-state index contributed by atoms with van der Waals surface area (Å²) in [5, 5.41) is 5.42. The molecule has 2 amide bonds. The molecule has 0 aliphatic heterocycles. The van der Waals surface area contributed by atoms with Gasteiger partial charge in [0.2, 0.25) is 0 Å². The van der Waals surface area contributed by atoms with Crippen molar-refractivity contribution in [3.63, 3.8) is 0 Å². The maximum absolute atomic E-state index is 12.1. The maximum atomic E-state index is 12.1. The van der Waals surface area contributed by atoms with Crippen LogP contribution in [0.3, 0.4) is 0 Å². The Kier molecular flexibility index (Phi) is 7.22. The molecule has 0 atom stereocenters. The standard InChI is InChI=1S/C22H24N2O5/c25-20(23-13-12-16-5-2-1-3-6-16)15-29-22(27)17-8-10-18(11-9-17)24-21(26)19-7-4-14-28-19/h4-5,7-11,14H,1-3,6,12-13,15H2,(H,23,25)(H,24,26). The molecule has 7 heteroatoms. The lowest BCUT2D eigenvalue weighted by Gasteiger charge is -2.13. The second-order valence-corrected chi connectivity index (χ2v) is 6.79. The Morgan fingerprint density at radius 1 is 1.07 bits per heavy atom. The number of amides is 2. The van der Waals surface area contributed by atoms with Gasteiger partial charge in [-0.15, -0.1) is 0 Å². The molecule has 1 aliphatic carbocycles. The number of carbonyl (C=O) groups is 3. The number of anilines is 1. The molecule has 0 saturated heterocycles. The van der Waals surface area contributed by atoms with Crippen molar-refractivity contribution in [2.75, 3.05) is 18.5 Å². The van der Waals surface area contributed by atoms with E-state index in [2.05, 4.69) is 16.7 Å². The lowest BCUT2D eigenvalue weighted by atomic mass is 9.97. The van der Waals surface area contributed by atoms with E-state index in [9.17, 15) is 14.4 Å². The summed E-state index contributed by atoms with van der Waals surface area (Å²) in [5.74, 6) is -1.11. The van der Waals surface area contributed by atoms with Crippen LogP contribution < -0.4 is 10.6 Å². The number of ether oxygens (including phenoxy) is 1. The highest BCUT2D eigenvalue weighted by molar-refractivity contribution is 6.02. The first-order valence-corrected chi connectivity index (χ1v) is 9.68. The molecule has 0 bridgehead atoms. The van der Waals surface area contributed by atoms with E-state index < -0.39 is 5.97 Å². The third-order valence-electron chi connectivity index (χ3n) is 4.61. The maximum Gasteiger partial charge on any atom is 0.338 e. The Morgan fingerprint density at radius 3 is 2.59 bits per heavy atom. The van der Waals surface area contributed by atoms with Crippen molar-refractivity contribution in [3.05, 3.63) is 65.6 Å². The molecule has 29 heavy (non-hydrogen) atoms. The number of carbonyl (C=O) groups excluding carboxylic acids is 3. The largest absolute Gasteiger partial charge is 0.459 e. The van der Waals surface area contributed by atoms with Crippen LogP contribution in [-0.4, -0.2) is 30.9 Å². The number of rotatable bonds is 8. The lowest BCUT2D eigenvalue weighted by Crippen LogP contribution is -2.29. The molecule has 0 fully saturated rings. The van der Waals surface area contributed by atoms with Crippen LogP contribution in [-0.2, 0) is 9.53 Å². The molecule has 0 radical (unpaired) electrons. The van der Waals surface area contributed by atoms with E-state index in [1.165, 1.54) is 36.8 Å². The zero-order chi connectivity index (χ0) is 20.5. The normalized spacial score (nSPS) is 13.3. The van der Waals surface area contributed by atoms with Gasteiger partial charge in [0.1, 0.15) is 0 Å². The number of furan rings is 1. The Balaban J connectivity index is 1.39. The van der Waals surface area contributed by atoms with E-state index in [-0.39, 0.29) is 24.2 Å². The summed E-state index contributed by atoms with van der Waals surface area (Å²) in [6.07, 6.45) is 9.17. The van der Waals surface area contributed by atoms with Crippen LogP contribution >= 0.6 is 0 Å². The molecule has 2 N–H and O–H groups in total. The molecule has 2 aromatic rings. The van der Waals surface area contributed by atoms with E-state index in [4.69, 9.17) is 9.15 Å². The summed E-state index contributed by atoms with van der Waals surface area (Å²) in [6, 6.07) is 9.38. The summed E-state index contributed by atoms with van der Waals surface area (Å²) >= 11 is 0. The summed E-state index contributed by atoms with van der Waals surface area (Å²) in [5.41, 5.74) is 2.19. The average molecular weight is 396 g/mol. The first-order valence-electron chi connectivity index (χ1n) is 9.68. The minimum Gasteiger partial charge on any atom is -0.459 e. The topological polar surface area (TPSA) is 97.6 Å². The van der Waals surface area contributed by atoms with Crippen molar-refractivity contribution >= 4 is 23.5 Å². The van der Waals surface area contributed by atoms with Gasteiger partial charge in [0.05, 0.1) is 11.8 Å². The molecule has 1 aromatic carbocycles. The van der Waals surface area contributed by atoms with Crippen LogP contribution in [0.15, 0.2) is 58.7 Å². The van der Waals surface area contributed by atoms with E-state index >= 15 is 0 Å². The third kappa shape index (κ3) is 6.34. The quantitative estimate of drug-likeness (QED) is 0.524. The van der Waals surface area contributed by atoms with Crippen molar-refractivity contribution in [1.82, 2.24) is 5.32 Å². The number of allylic oxidation sites excluding steroid dienone is 1. The van der Waals surface area contributed by atoms with Crippen LogP contribution in [0.2, 0.25) is 0 Å². The fraction of sp³-hybridized carbons (Fsp3) is 0.318. The minimum absolute atomic E-state index is 0.194. The van der Waals surface area contributed by atoms with Crippen molar-refractivity contribution < 1.29 is 23.5 Å². The summed E-state index contributed by atoms with van der Waals surface area (Å²) in [7, 11) is 0. The number of hydrogen-bond acceptors (Lipinski definition) is 5. The fourth-order valence-electron chi connectivity index (χ4n) is 3.05. The van der Waals surface area contributed by atoms with Crippen molar-refractivity contribution in [2.24, 2.45) is 0 Å². The second kappa shape index (κ2) is 10.3. The average Bonchev–Trinajstić information content (AvgIpc) is 3.28. The van der Waals surface area contributed by atoms with Gasteiger partial charge in [0.15, 0.2) is 12.4 Å². The van der Waals surface area contributed by atoms with Gasteiger partial charge in [-0.2, -0.15) is 0 Å². The number of esters is 1. The Morgan fingerprint density at radius 2 is 1.90 bits per heavy atom. The molecule has 1 heterocycles. The van der Waals surface area contributed by atoms with Crippen molar-refractivity contribution in [1.29, 1.82) is 0 Å². The number of nitrogens with one attached hydrogen (secondary N) is 2. The smallest absolute Gasteiger partial charge is 0.338 e. The molecule has 0 unspecified atom stereocenters. The van der Waals surface area contributed by atoms with Crippen molar-refractivity contribution in [2.45, 2.75) is 32.1 Å². The van der Waals surface area contributed by atoms with Gasteiger partial charge in [0, 0.05) is 12.2 Å². The first-order chi connectivity index (χ1) is 14.1. The highest BCUT2D eigenvalue weighted by Crippen LogP contribution is 2.19. The minimum atomic E-state index is -0.598. The van der Waals surface area contributed by atoms with Crippen LogP contribution in [0.1, 0.15) is 53.0 Å². The molecule has 152 valence electrons. The first kappa shape index (κ1) is 20.4. The van der Waals surface area contributed by atoms with Crippen LogP contribution in [0.5, 0.6) is 0 Å². The van der Waals surface area contributed by atoms with Gasteiger partial charge >= 0.3 is 5.97 Å². The van der Waals surface area contributed by atoms with Crippen LogP contribution in [0.4, 0.5) is 5.69 Å². The van der Waals surface area contributed by atoms with Gasteiger partial charge in [-0.25, -0.2) is 4.79 Å². The lowest BCUT2D eigenvalue weighted by molar-refractivity contribution is -0.124. The molecule has 0 spiro atoms. The second-order valence-electron chi connectivity index (χ2n) is 6.79. The van der Waals surface area contributed by atoms with E-state index in [0.29, 0.717) is 17.8 Å². The van der Waals surface area contributed by atoms with Crippen LogP contribution in [0, 0.1) is 0 Å². The monoisotopic (exact) mass is 396 g/mol. The number of hydrogen-bond donors (Lipinski definition) is 2. The molecule has 1 aliphatic rings. The molecular formula is C22H24N2O5. The van der Waals surface area contributed by atoms with Gasteiger partial charge in [0.25, 0.3) is 11.8 Å². The highest BCUT2D eigenvalue weighted by Gasteiger charge is 2.12. The fourth-order valence-corrected chi connectivity index (χ4v) is 3.05. The van der Waals surface area contributed by atoms with Gasteiger partial charge < -0.3 is 19.8 Å². The SMILES string of the molecule is O=C(COC(=O)c1ccc(NC(=O)c2ccco2)cc1)NCCC1=CCCCC1. The summed E-state index contributed by atoms with van der Waals surface area (Å²) < 4.78 is 10.1. The van der Waals surface area contributed by atoms with E-state index in [1.807, 2.05) is 0 Å². The molecule has 1 aromatic heterocycles. The molecular weight excluding hydrogens is 372 g/mol. The Labute approximate surface area is 169 Å². The van der Waals surface area contributed by atoms with Crippen molar-refractivity contribution in [3.8, 4) is 0 Å². The van der Waals surface area contributed by atoms with E-state index in [1.54, 1.807) is 24.3 Å². The predicted octanol–water partition coefficient (Wildman–Crippen LogP) is 3.70. The van der Waals surface area contributed by atoms with Gasteiger partial charge in [-0.3, -0.25) is 9.59 Å².